The van der Waals surface area contributed by atoms with Gasteiger partial charge in [-0.25, -0.2) is 0 Å². The van der Waals surface area contributed by atoms with Crippen molar-refractivity contribution in [1.82, 2.24) is 10.9 Å². The Balaban J connectivity index is 1.91. The van der Waals surface area contributed by atoms with Gasteiger partial charge in [-0.1, -0.05) is 37.6 Å². The highest BCUT2D eigenvalue weighted by molar-refractivity contribution is 5.99. The van der Waals surface area contributed by atoms with Crippen LogP contribution < -0.4 is 15.6 Å². The lowest BCUT2D eigenvalue weighted by Crippen LogP contribution is -2.41. The van der Waals surface area contributed by atoms with Crippen molar-refractivity contribution in [1.29, 1.82) is 0 Å². The van der Waals surface area contributed by atoms with E-state index in [0.717, 1.165) is 12.0 Å². The normalized spacial score (nSPS) is 10.4. The largest absolute Gasteiger partial charge is 0.494 e. The van der Waals surface area contributed by atoms with E-state index in [1.807, 2.05) is 19.1 Å². The summed E-state index contributed by atoms with van der Waals surface area (Å²) in [6.07, 6.45) is 0.947. The van der Waals surface area contributed by atoms with Crippen molar-refractivity contribution < 1.29 is 14.3 Å². The van der Waals surface area contributed by atoms with E-state index in [1.165, 1.54) is 0 Å². The number of ether oxygens (including phenoxy) is 1. The summed E-state index contributed by atoms with van der Waals surface area (Å²) in [7, 11) is 0. The van der Waals surface area contributed by atoms with Gasteiger partial charge in [0.1, 0.15) is 5.75 Å². The molecule has 0 saturated carbocycles. The molecular weight excluding hydrogens is 316 g/mol. The molecule has 2 amide bonds. The molecule has 0 radical (unpaired) electrons. The maximum absolute atomic E-state index is 12.2. The van der Waals surface area contributed by atoms with E-state index < -0.39 is 5.91 Å². The number of hydrazine groups is 1. The second-order valence-corrected chi connectivity index (χ2v) is 6.34. The maximum Gasteiger partial charge on any atom is 0.269 e. The number of hydrogen-bond donors (Lipinski definition) is 2. The van der Waals surface area contributed by atoms with Gasteiger partial charge in [0.25, 0.3) is 11.8 Å². The summed E-state index contributed by atoms with van der Waals surface area (Å²) in [4.78, 5) is 24.3. The van der Waals surface area contributed by atoms with Crippen LogP contribution in [-0.2, 0) is 0 Å². The van der Waals surface area contributed by atoms with Gasteiger partial charge in [-0.15, -0.1) is 0 Å². The molecule has 0 aliphatic carbocycles. The Morgan fingerprint density at radius 3 is 2.16 bits per heavy atom. The monoisotopic (exact) mass is 340 g/mol. The number of carbonyl (C=O) groups is 2. The number of hydrogen-bond acceptors (Lipinski definition) is 3. The molecule has 0 heterocycles. The smallest absolute Gasteiger partial charge is 0.269 e. The van der Waals surface area contributed by atoms with Crippen molar-refractivity contribution in [3.63, 3.8) is 0 Å². The van der Waals surface area contributed by atoms with E-state index >= 15 is 0 Å². The van der Waals surface area contributed by atoms with Crippen LogP contribution in [0, 0.1) is 12.8 Å². The topological polar surface area (TPSA) is 67.4 Å². The third-order valence-electron chi connectivity index (χ3n) is 3.63. The van der Waals surface area contributed by atoms with E-state index in [9.17, 15) is 9.59 Å². The van der Waals surface area contributed by atoms with Crippen molar-refractivity contribution >= 4 is 11.8 Å². The number of rotatable bonds is 6. The van der Waals surface area contributed by atoms with Gasteiger partial charge in [0.2, 0.25) is 0 Å². The van der Waals surface area contributed by atoms with Crippen LogP contribution in [0.5, 0.6) is 5.75 Å². The first-order chi connectivity index (χ1) is 12.0. The lowest BCUT2D eigenvalue weighted by atomic mass is 10.1. The number of nitrogens with one attached hydrogen (secondary N) is 2. The van der Waals surface area contributed by atoms with Crippen molar-refractivity contribution in [2.24, 2.45) is 5.92 Å². The minimum absolute atomic E-state index is 0.360. The summed E-state index contributed by atoms with van der Waals surface area (Å²) in [5.41, 5.74) is 6.74. The molecule has 0 unspecified atom stereocenters. The third kappa shape index (κ3) is 5.95. The molecule has 0 aromatic heterocycles. The summed E-state index contributed by atoms with van der Waals surface area (Å²) < 4.78 is 5.65. The fourth-order valence-corrected chi connectivity index (χ4v) is 2.18. The van der Waals surface area contributed by atoms with E-state index in [4.69, 9.17) is 4.74 Å². The van der Waals surface area contributed by atoms with Crippen LogP contribution in [0.3, 0.4) is 0 Å². The molecule has 0 bridgehead atoms. The average Bonchev–Trinajstić information content (AvgIpc) is 2.59. The third-order valence-corrected chi connectivity index (χ3v) is 3.63. The number of amides is 2. The molecule has 5 nitrogen and oxygen atoms in total. The minimum atomic E-state index is -0.393. The predicted octanol–water partition coefficient (Wildman–Crippen LogP) is 3.49. The summed E-state index contributed by atoms with van der Waals surface area (Å²) >= 11 is 0. The van der Waals surface area contributed by atoms with E-state index in [2.05, 4.69) is 24.7 Å². The van der Waals surface area contributed by atoms with Gasteiger partial charge < -0.3 is 4.74 Å². The van der Waals surface area contributed by atoms with Crippen LogP contribution in [0.15, 0.2) is 48.5 Å². The van der Waals surface area contributed by atoms with Crippen LogP contribution in [0.2, 0.25) is 0 Å². The van der Waals surface area contributed by atoms with Gasteiger partial charge in [0, 0.05) is 11.1 Å². The molecule has 2 aromatic rings. The van der Waals surface area contributed by atoms with Gasteiger partial charge >= 0.3 is 0 Å². The first-order valence-corrected chi connectivity index (χ1v) is 8.36. The van der Waals surface area contributed by atoms with E-state index in [1.54, 1.807) is 36.4 Å². The maximum atomic E-state index is 12.2. The van der Waals surface area contributed by atoms with Crippen molar-refractivity contribution in [2.75, 3.05) is 6.61 Å². The summed E-state index contributed by atoms with van der Waals surface area (Å²) in [6, 6.07) is 14.0. The Bertz CT molecular complexity index is 741. The highest BCUT2D eigenvalue weighted by atomic mass is 16.5. The zero-order valence-corrected chi connectivity index (χ0v) is 14.8. The molecule has 0 spiro atoms. The summed E-state index contributed by atoms with van der Waals surface area (Å²) in [5.74, 6) is 0.443. The van der Waals surface area contributed by atoms with Gasteiger partial charge in [-0.05, 0) is 49.6 Å². The fraction of sp³-hybridized carbons (Fsp3) is 0.300. The molecule has 0 saturated heterocycles. The highest BCUT2D eigenvalue weighted by Gasteiger charge is 2.10. The van der Waals surface area contributed by atoms with Crippen LogP contribution in [0.25, 0.3) is 0 Å². The Kier molecular flexibility index (Phi) is 6.57. The molecule has 132 valence electrons. The Morgan fingerprint density at radius 2 is 1.56 bits per heavy atom. The predicted molar refractivity (Wildman–Crippen MR) is 97.5 cm³/mol. The number of carbonyl (C=O) groups excluding carboxylic acids is 2. The average molecular weight is 340 g/mol. The Labute approximate surface area is 148 Å². The van der Waals surface area contributed by atoms with E-state index in [0.29, 0.717) is 29.4 Å². The van der Waals surface area contributed by atoms with Gasteiger partial charge in [0.15, 0.2) is 0 Å². The molecule has 0 atom stereocenters. The van der Waals surface area contributed by atoms with Gasteiger partial charge in [-0.2, -0.15) is 0 Å². The zero-order valence-electron chi connectivity index (χ0n) is 14.8. The fourth-order valence-electron chi connectivity index (χ4n) is 2.18. The molecule has 0 aliphatic rings. The molecule has 0 aliphatic heterocycles. The summed E-state index contributed by atoms with van der Waals surface area (Å²) in [6.45, 7) is 6.77. The van der Waals surface area contributed by atoms with Crippen molar-refractivity contribution in [3.05, 3.63) is 65.2 Å². The van der Waals surface area contributed by atoms with Crippen molar-refractivity contribution in [2.45, 2.75) is 27.2 Å². The minimum Gasteiger partial charge on any atom is -0.494 e. The molecule has 2 N–H and O–H groups in total. The molecule has 0 fully saturated rings. The van der Waals surface area contributed by atoms with Crippen molar-refractivity contribution in [3.8, 4) is 5.75 Å². The molecular formula is C20H24N2O3. The Hall–Kier alpha value is -2.82. The van der Waals surface area contributed by atoms with Crippen LogP contribution in [-0.4, -0.2) is 18.4 Å². The molecule has 2 rings (SSSR count). The lowest BCUT2D eigenvalue weighted by Gasteiger charge is -2.10. The van der Waals surface area contributed by atoms with E-state index in [-0.39, 0.29) is 5.91 Å². The SMILES string of the molecule is Cc1cccc(C(=O)NNC(=O)c2cccc(OCCC(C)C)c2)c1. The standard InChI is InChI=1S/C20H24N2O3/c1-14(2)10-11-25-18-9-5-8-17(13-18)20(24)22-21-19(23)16-7-4-6-15(3)12-16/h4-9,12-14H,10-11H2,1-3H3,(H,21,23)(H,22,24). The lowest BCUT2D eigenvalue weighted by molar-refractivity contribution is 0.0846. The van der Waals surface area contributed by atoms with Gasteiger partial charge in [-0.3, -0.25) is 20.4 Å². The second kappa shape index (κ2) is 8.87. The number of aryl methyl sites for hydroxylation is 1. The molecule has 2 aromatic carbocycles. The highest BCUT2D eigenvalue weighted by Crippen LogP contribution is 2.14. The molecule has 25 heavy (non-hydrogen) atoms. The number of benzene rings is 2. The first kappa shape index (κ1) is 18.5. The van der Waals surface area contributed by atoms with Crippen LogP contribution >= 0.6 is 0 Å². The van der Waals surface area contributed by atoms with Crippen LogP contribution in [0.1, 0.15) is 46.5 Å². The Morgan fingerprint density at radius 1 is 0.960 bits per heavy atom. The first-order valence-electron chi connectivity index (χ1n) is 8.36. The van der Waals surface area contributed by atoms with Gasteiger partial charge in [0.05, 0.1) is 6.61 Å². The van der Waals surface area contributed by atoms with Crippen LogP contribution in [0.4, 0.5) is 0 Å². The second-order valence-electron chi connectivity index (χ2n) is 6.34. The molecule has 5 heteroatoms. The quantitative estimate of drug-likeness (QED) is 0.791. The zero-order chi connectivity index (χ0) is 18.2. The summed E-state index contributed by atoms with van der Waals surface area (Å²) in [5, 5.41) is 0.